The number of aryl methyl sites for hydroxylation is 1. The van der Waals surface area contributed by atoms with Crippen molar-refractivity contribution < 1.29 is 59.2 Å². The molecule has 4 atom stereocenters. The maximum Gasteiger partial charge on any atom is 0.338 e. The van der Waals surface area contributed by atoms with Crippen LogP contribution in [-0.4, -0.2) is 107 Å². The lowest BCUT2D eigenvalue weighted by Gasteiger charge is -2.21. The van der Waals surface area contributed by atoms with Gasteiger partial charge < -0.3 is 44.8 Å². The first-order valence-electron chi connectivity index (χ1n) is 20.1. The van der Waals surface area contributed by atoms with Crippen LogP contribution in [0.1, 0.15) is 91.6 Å². The second kappa shape index (κ2) is 24.3. The molecule has 0 saturated heterocycles. The number of carbonyl (C=O) groups is 3. The number of hydrogen-bond donors (Lipinski definition) is 6. The van der Waals surface area contributed by atoms with Crippen LogP contribution in [0.4, 0.5) is 0 Å². The number of hydrogen-bond acceptors (Lipinski definition) is 12. The number of unbranched alkanes of at least 4 members (excludes halogenated alkanes) is 3. The summed E-state index contributed by atoms with van der Waals surface area (Å²) in [6.45, 7) is 1.47. The van der Waals surface area contributed by atoms with Gasteiger partial charge in [0.1, 0.15) is 0 Å². The van der Waals surface area contributed by atoms with Crippen LogP contribution in [0.5, 0.6) is 0 Å². The molecule has 4 unspecified atom stereocenters. The van der Waals surface area contributed by atoms with Gasteiger partial charge >= 0.3 is 17.9 Å². The van der Waals surface area contributed by atoms with E-state index in [1.54, 1.807) is 12.1 Å². The molecule has 3 aromatic carbocycles. The summed E-state index contributed by atoms with van der Waals surface area (Å²) in [6, 6.07) is 21.5. The summed E-state index contributed by atoms with van der Waals surface area (Å²) >= 11 is 0. The maximum atomic E-state index is 13.2. The molecule has 6 N–H and O–H groups in total. The number of ether oxygens (including phenoxy) is 3. The topological polar surface area (TPSA) is 200 Å². The van der Waals surface area contributed by atoms with Gasteiger partial charge in [-0.05, 0) is 123 Å². The third-order valence-electron chi connectivity index (χ3n) is 9.98. The molecule has 314 valence electrons. The third kappa shape index (κ3) is 14.9. The molecule has 0 fully saturated rings. The van der Waals surface area contributed by atoms with E-state index in [1.165, 1.54) is 6.08 Å². The van der Waals surface area contributed by atoms with Crippen LogP contribution < -0.4 is 0 Å². The lowest BCUT2D eigenvalue weighted by Crippen LogP contribution is -2.18. The van der Waals surface area contributed by atoms with Gasteiger partial charge in [0.05, 0.1) is 69.1 Å². The standard InChI is InChI=1S/C46H58O12/c1-31-22-36(24-38(23-31)44(53)56-19-5-2-8-41(50)28-47)34-15-11-32(12-16-34)33-13-17-35(18-14-33)37-25-39(45(54)57-20-6-3-9-42(51)29-48)27-40(26-37)46(55)58-21-7-4-10-43(52)30-49/h11-18,22-25,27,37,41-43,47-52H,2-10,19-21,26,28-30H2,1H3. The zero-order valence-corrected chi connectivity index (χ0v) is 33.3. The highest BCUT2D eigenvalue weighted by Gasteiger charge is 2.26. The third-order valence-corrected chi connectivity index (χ3v) is 9.98. The van der Waals surface area contributed by atoms with Crippen LogP contribution in [0, 0.1) is 6.92 Å². The Morgan fingerprint density at radius 1 is 0.586 bits per heavy atom. The molecule has 0 bridgehead atoms. The fourth-order valence-corrected chi connectivity index (χ4v) is 6.61. The molecule has 4 rings (SSSR count). The highest BCUT2D eigenvalue weighted by atomic mass is 16.5. The predicted molar refractivity (Wildman–Crippen MR) is 219 cm³/mol. The van der Waals surface area contributed by atoms with E-state index in [0.29, 0.717) is 75.3 Å². The van der Waals surface area contributed by atoms with Crippen LogP contribution in [0.15, 0.2) is 90.0 Å². The zero-order chi connectivity index (χ0) is 41.9. The molecule has 0 aliphatic heterocycles. The minimum Gasteiger partial charge on any atom is -0.462 e. The normalized spacial score (nSPS) is 15.5. The molecule has 0 saturated carbocycles. The minimum atomic E-state index is -0.811. The van der Waals surface area contributed by atoms with Crippen molar-refractivity contribution in [2.24, 2.45) is 0 Å². The van der Waals surface area contributed by atoms with Crippen LogP contribution in [0.3, 0.4) is 0 Å². The van der Waals surface area contributed by atoms with Crippen molar-refractivity contribution in [1.29, 1.82) is 0 Å². The van der Waals surface area contributed by atoms with E-state index >= 15 is 0 Å². The molecule has 0 radical (unpaired) electrons. The van der Waals surface area contributed by atoms with Crippen LogP contribution in [0.25, 0.3) is 22.3 Å². The molecule has 3 aromatic rings. The Hall–Kier alpha value is -4.69. The van der Waals surface area contributed by atoms with Gasteiger partial charge in [0.2, 0.25) is 0 Å². The highest BCUT2D eigenvalue weighted by Crippen LogP contribution is 2.34. The molecule has 12 heteroatoms. The number of carbonyl (C=O) groups excluding carboxylic acids is 3. The summed E-state index contributed by atoms with van der Waals surface area (Å²) in [4.78, 5) is 39.2. The molecular weight excluding hydrogens is 744 g/mol. The van der Waals surface area contributed by atoms with Gasteiger partial charge in [-0.25, -0.2) is 14.4 Å². The van der Waals surface area contributed by atoms with Crippen molar-refractivity contribution >= 4 is 17.9 Å². The van der Waals surface area contributed by atoms with Crippen molar-refractivity contribution in [2.45, 2.75) is 95.4 Å². The molecule has 0 spiro atoms. The van der Waals surface area contributed by atoms with E-state index in [0.717, 1.165) is 33.4 Å². The lowest BCUT2D eigenvalue weighted by molar-refractivity contribution is -0.139. The number of aliphatic hydroxyl groups is 6. The summed E-state index contributed by atoms with van der Waals surface area (Å²) in [7, 11) is 0. The Morgan fingerprint density at radius 2 is 1.03 bits per heavy atom. The van der Waals surface area contributed by atoms with Crippen LogP contribution in [0.2, 0.25) is 0 Å². The van der Waals surface area contributed by atoms with E-state index in [4.69, 9.17) is 29.5 Å². The molecule has 0 heterocycles. The maximum absolute atomic E-state index is 13.2. The van der Waals surface area contributed by atoms with Crippen molar-refractivity contribution in [3.8, 4) is 22.3 Å². The summed E-state index contributed by atoms with van der Waals surface area (Å²) in [5.41, 5.74) is 6.58. The Morgan fingerprint density at radius 3 is 1.53 bits per heavy atom. The molecular formula is C46H58O12. The minimum absolute atomic E-state index is 0.123. The van der Waals surface area contributed by atoms with Gasteiger partial charge in [-0.15, -0.1) is 0 Å². The average molecular weight is 803 g/mol. The van der Waals surface area contributed by atoms with Crippen molar-refractivity contribution in [2.75, 3.05) is 39.6 Å². The largest absolute Gasteiger partial charge is 0.462 e. The van der Waals surface area contributed by atoms with E-state index in [1.807, 2.05) is 67.6 Å². The first-order chi connectivity index (χ1) is 28.0. The SMILES string of the molecule is Cc1cc(C(=O)OCCCCC(O)CO)cc(-c2ccc(-c3ccc(C4C=C(C(=O)OCCCCC(O)CO)C=C(C(=O)OCCCCC(O)CO)C4)cc3)cc2)c1. The first-order valence-corrected chi connectivity index (χ1v) is 20.1. The number of benzene rings is 3. The first kappa shape index (κ1) is 46.0. The van der Waals surface area contributed by atoms with Gasteiger partial charge in [0.15, 0.2) is 0 Å². The number of allylic oxidation sites excluding steroid dienone is 1. The summed E-state index contributed by atoms with van der Waals surface area (Å²) in [5, 5.41) is 55.6. The number of rotatable bonds is 24. The average Bonchev–Trinajstić information content (AvgIpc) is 3.25. The van der Waals surface area contributed by atoms with E-state index in [9.17, 15) is 29.7 Å². The Kier molecular flexibility index (Phi) is 19.3. The van der Waals surface area contributed by atoms with Crippen molar-refractivity contribution in [3.05, 3.63) is 107 Å². The highest BCUT2D eigenvalue weighted by molar-refractivity contribution is 5.97. The monoisotopic (exact) mass is 802 g/mol. The van der Waals surface area contributed by atoms with Crippen LogP contribution >= 0.6 is 0 Å². The van der Waals surface area contributed by atoms with E-state index in [2.05, 4.69) is 0 Å². The number of aliphatic hydroxyl groups excluding tert-OH is 6. The smallest absolute Gasteiger partial charge is 0.338 e. The second-order valence-electron chi connectivity index (χ2n) is 14.8. The van der Waals surface area contributed by atoms with E-state index in [-0.39, 0.29) is 51.1 Å². The summed E-state index contributed by atoms with van der Waals surface area (Å²) in [5.74, 6) is -1.84. The lowest BCUT2D eigenvalue weighted by atomic mass is 9.84. The Labute approximate surface area is 340 Å². The second-order valence-corrected chi connectivity index (χ2v) is 14.8. The summed E-state index contributed by atoms with van der Waals surface area (Å²) < 4.78 is 16.5. The zero-order valence-electron chi connectivity index (χ0n) is 33.3. The summed E-state index contributed by atoms with van der Waals surface area (Å²) in [6.07, 6.45) is 5.86. The van der Waals surface area contributed by atoms with Gasteiger partial charge in [-0.2, -0.15) is 0 Å². The molecule has 0 amide bonds. The molecule has 12 nitrogen and oxygen atoms in total. The van der Waals surface area contributed by atoms with Crippen molar-refractivity contribution in [3.63, 3.8) is 0 Å². The quantitative estimate of drug-likeness (QED) is 0.0379. The molecule has 0 aromatic heterocycles. The predicted octanol–water partition coefficient (Wildman–Crippen LogP) is 5.48. The van der Waals surface area contributed by atoms with E-state index < -0.39 is 36.2 Å². The fourth-order valence-electron chi connectivity index (χ4n) is 6.61. The van der Waals surface area contributed by atoms with Gasteiger partial charge in [-0.3, -0.25) is 0 Å². The number of esters is 3. The molecule has 58 heavy (non-hydrogen) atoms. The van der Waals surface area contributed by atoms with Crippen molar-refractivity contribution in [1.82, 2.24) is 0 Å². The molecule has 1 aliphatic rings. The van der Waals surface area contributed by atoms with Gasteiger partial charge in [0, 0.05) is 11.5 Å². The fraction of sp³-hybridized carbons (Fsp3) is 0.457. The van der Waals surface area contributed by atoms with Crippen LogP contribution in [-0.2, 0) is 23.8 Å². The Bertz CT molecular complexity index is 1810. The van der Waals surface area contributed by atoms with Gasteiger partial charge in [-0.1, -0.05) is 60.7 Å². The Balaban J connectivity index is 1.42. The van der Waals surface area contributed by atoms with Gasteiger partial charge in [0.25, 0.3) is 0 Å². The molecule has 1 aliphatic carbocycles.